The molecule has 1 fully saturated rings. The Morgan fingerprint density at radius 1 is 1.47 bits per heavy atom. The lowest BCUT2D eigenvalue weighted by Gasteiger charge is -2.04. The first-order valence-corrected chi connectivity index (χ1v) is 5.97. The molecule has 0 bridgehead atoms. The molecule has 2 rings (SSSR count). The smallest absolute Gasteiger partial charge is 0.339 e. The zero-order valence-corrected chi connectivity index (χ0v) is 10.9. The van der Waals surface area contributed by atoms with Crippen LogP contribution in [0.1, 0.15) is 39.6 Å². The van der Waals surface area contributed by atoms with Crippen LogP contribution in [0.25, 0.3) is 0 Å². The SMILES string of the molecule is COC(=O)c1c([C@@H]2C[C@H]2CN)c(C)n(C)c1C. The minimum Gasteiger partial charge on any atom is -0.465 e. The highest BCUT2D eigenvalue weighted by molar-refractivity contribution is 5.93. The molecule has 4 heteroatoms. The number of hydrogen-bond acceptors (Lipinski definition) is 3. The quantitative estimate of drug-likeness (QED) is 0.809. The molecular weight excluding hydrogens is 216 g/mol. The second kappa shape index (κ2) is 4.18. The van der Waals surface area contributed by atoms with Crippen molar-refractivity contribution in [2.45, 2.75) is 26.2 Å². The largest absolute Gasteiger partial charge is 0.465 e. The van der Waals surface area contributed by atoms with Gasteiger partial charge >= 0.3 is 5.97 Å². The average molecular weight is 236 g/mol. The molecule has 0 aliphatic heterocycles. The van der Waals surface area contributed by atoms with Crippen molar-refractivity contribution in [1.82, 2.24) is 4.57 Å². The van der Waals surface area contributed by atoms with Crippen LogP contribution in [-0.4, -0.2) is 24.2 Å². The zero-order valence-electron chi connectivity index (χ0n) is 10.9. The molecular formula is C13H20N2O2. The number of rotatable bonds is 3. The van der Waals surface area contributed by atoms with Gasteiger partial charge in [0.1, 0.15) is 0 Å². The Balaban J connectivity index is 2.50. The van der Waals surface area contributed by atoms with E-state index in [-0.39, 0.29) is 5.97 Å². The van der Waals surface area contributed by atoms with E-state index in [0.29, 0.717) is 18.4 Å². The van der Waals surface area contributed by atoms with Gasteiger partial charge < -0.3 is 15.0 Å². The molecule has 1 aliphatic carbocycles. The molecule has 0 spiro atoms. The molecule has 1 aromatic heterocycles. The van der Waals surface area contributed by atoms with Gasteiger partial charge in [-0.25, -0.2) is 4.79 Å². The third-order valence-electron chi connectivity index (χ3n) is 4.01. The monoisotopic (exact) mass is 236 g/mol. The highest BCUT2D eigenvalue weighted by Gasteiger charge is 2.42. The lowest BCUT2D eigenvalue weighted by molar-refractivity contribution is 0.0598. The Morgan fingerprint density at radius 2 is 2.12 bits per heavy atom. The van der Waals surface area contributed by atoms with Gasteiger partial charge in [-0.05, 0) is 44.2 Å². The van der Waals surface area contributed by atoms with Gasteiger partial charge in [0.25, 0.3) is 0 Å². The minimum absolute atomic E-state index is 0.233. The van der Waals surface area contributed by atoms with E-state index in [1.807, 2.05) is 14.0 Å². The molecule has 1 heterocycles. The molecule has 94 valence electrons. The Labute approximate surface area is 102 Å². The van der Waals surface area contributed by atoms with Crippen LogP contribution < -0.4 is 5.73 Å². The fourth-order valence-electron chi connectivity index (χ4n) is 2.65. The number of hydrogen-bond donors (Lipinski definition) is 1. The van der Waals surface area contributed by atoms with Crippen LogP contribution in [0, 0.1) is 19.8 Å². The number of nitrogens with zero attached hydrogens (tertiary/aromatic N) is 1. The summed E-state index contributed by atoms with van der Waals surface area (Å²) in [6.45, 7) is 4.71. The predicted octanol–water partition coefficient (Wildman–Crippen LogP) is 1.49. The summed E-state index contributed by atoms with van der Waals surface area (Å²) in [5, 5.41) is 0. The van der Waals surface area contributed by atoms with Crippen LogP contribution >= 0.6 is 0 Å². The van der Waals surface area contributed by atoms with Gasteiger partial charge in [0.05, 0.1) is 12.7 Å². The molecule has 0 saturated heterocycles. The molecule has 1 saturated carbocycles. The summed E-state index contributed by atoms with van der Waals surface area (Å²) < 4.78 is 6.95. The first-order chi connectivity index (χ1) is 8.02. The van der Waals surface area contributed by atoms with E-state index in [4.69, 9.17) is 10.5 Å². The highest BCUT2D eigenvalue weighted by Crippen LogP contribution is 2.50. The van der Waals surface area contributed by atoms with E-state index in [0.717, 1.165) is 28.9 Å². The fourth-order valence-corrected chi connectivity index (χ4v) is 2.65. The van der Waals surface area contributed by atoms with Gasteiger partial charge in [-0.15, -0.1) is 0 Å². The maximum atomic E-state index is 11.9. The van der Waals surface area contributed by atoms with Crippen LogP contribution in [-0.2, 0) is 11.8 Å². The number of ether oxygens (including phenoxy) is 1. The lowest BCUT2D eigenvalue weighted by atomic mass is 10.0. The van der Waals surface area contributed by atoms with Crippen molar-refractivity contribution in [2.75, 3.05) is 13.7 Å². The Morgan fingerprint density at radius 3 is 2.59 bits per heavy atom. The zero-order chi connectivity index (χ0) is 12.7. The molecule has 1 aromatic rings. The van der Waals surface area contributed by atoms with E-state index in [1.165, 1.54) is 7.11 Å². The first-order valence-electron chi connectivity index (χ1n) is 5.97. The second-order valence-corrected chi connectivity index (χ2v) is 4.85. The number of carbonyl (C=O) groups is 1. The van der Waals surface area contributed by atoms with Crippen LogP contribution in [0.2, 0.25) is 0 Å². The molecule has 0 unspecified atom stereocenters. The van der Waals surface area contributed by atoms with E-state index in [2.05, 4.69) is 11.5 Å². The number of methoxy groups -OCH3 is 1. The standard InChI is InChI=1S/C13H20N2O2/c1-7-11(10-5-9(10)6-14)12(13(16)17-4)8(2)15(7)3/h9-10H,5-6,14H2,1-4H3/t9-,10+/m0/s1. The van der Waals surface area contributed by atoms with Crippen molar-refractivity contribution < 1.29 is 9.53 Å². The van der Waals surface area contributed by atoms with Crippen molar-refractivity contribution >= 4 is 5.97 Å². The van der Waals surface area contributed by atoms with Crippen LogP contribution in [0.3, 0.4) is 0 Å². The molecule has 0 amide bonds. The van der Waals surface area contributed by atoms with E-state index < -0.39 is 0 Å². The molecule has 2 atom stereocenters. The highest BCUT2D eigenvalue weighted by atomic mass is 16.5. The molecule has 0 aromatic carbocycles. The number of aromatic nitrogens is 1. The van der Waals surface area contributed by atoms with Crippen LogP contribution in [0.4, 0.5) is 0 Å². The Kier molecular flexibility index (Phi) is 3.00. The molecule has 1 aliphatic rings. The first kappa shape index (κ1) is 12.2. The number of carbonyl (C=O) groups excluding carboxylic acids is 1. The molecule has 2 N–H and O–H groups in total. The summed E-state index contributed by atoms with van der Waals surface area (Å²) in [6.07, 6.45) is 1.09. The second-order valence-electron chi connectivity index (χ2n) is 4.85. The summed E-state index contributed by atoms with van der Waals surface area (Å²) in [5.41, 5.74) is 9.72. The maximum absolute atomic E-state index is 11.9. The van der Waals surface area contributed by atoms with E-state index in [1.54, 1.807) is 0 Å². The average Bonchev–Trinajstić information content (AvgIpc) is 3.07. The van der Waals surface area contributed by atoms with Crippen molar-refractivity contribution in [1.29, 1.82) is 0 Å². The predicted molar refractivity (Wildman–Crippen MR) is 66.1 cm³/mol. The molecule has 0 radical (unpaired) electrons. The van der Waals surface area contributed by atoms with Gasteiger partial charge in [-0.1, -0.05) is 0 Å². The van der Waals surface area contributed by atoms with Gasteiger partial charge in [0.2, 0.25) is 0 Å². The summed E-state index contributed by atoms with van der Waals surface area (Å²) in [4.78, 5) is 11.9. The lowest BCUT2D eigenvalue weighted by Crippen LogP contribution is -2.07. The summed E-state index contributed by atoms with van der Waals surface area (Å²) >= 11 is 0. The van der Waals surface area contributed by atoms with Gasteiger partial charge in [0.15, 0.2) is 0 Å². The van der Waals surface area contributed by atoms with E-state index >= 15 is 0 Å². The van der Waals surface area contributed by atoms with Crippen LogP contribution in [0.15, 0.2) is 0 Å². The Bertz CT molecular complexity index is 462. The number of esters is 1. The van der Waals surface area contributed by atoms with Gasteiger partial charge in [-0.2, -0.15) is 0 Å². The van der Waals surface area contributed by atoms with Crippen molar-refractivity contribution in [2.24, 2.45) is 18.7 Å². The van der Waals surface area contributed by atoms with E-state index in [9.17, 15) is 4.79 Å². The van der Waals surface area contributed by atoms with Crippen molar-refractivity contribution in [3.8, 4) is 0 Å². The normalized spacial score (nSPS) is 22.6. The van der Waals surface area contributed by atoms with Gasteiger partial charge in [-0.3, -0.25) is 0 Å². The molecule has 4 nitrogen and oxygen atoms in total. The van der Waals surface area contributed by atoms with Crippen LogP contribution in [0.5, 0.6) is 0 Å². The van der Waals surface area contributed by atoms with Crippen molar-refractivity contribution in [3.05, 3.63) is 22.5 Å². The third kappa shape index (κ3) is 1.76. The maximum Gasteiger partial charge on any atom is 0.339 e. The van der Waals surface area contributed by atoms with Gasteiger partial charge in [0, 0.05) is 18.4 Å². The topological polar surface area (TPSA) is 57.2 Å². The molecule has 17 heavy (non-hydrogen) atoms. The summed E-state index contributed by atoms with van der Waals surface area (Å²) in [7, 11) is 3.42. The number of nitrogens with two attached hydrogens (primary N) is 1. The minimum atomic E-state index is -0.233. The Hall–Kier alpha value is -1.29. The fraction of sp³-hybridized carbons (Fsp3) is 0.615. The van der Waals surface area contributed by atoms with Crippen molar-refractivity contribution in [3.63, 3.8) is 0 Å². The third-order valence-corrected chi connectivity index (χ3v) is 4.01. The summed E-state index contributed by atoms with van der Waals surface area (Å²) in [6, 6.07) is 0. The summed E-state index contributed by atoms with van der Waals surface area (Å²) in [5.74, 6) is 0.733.